The summed E-state index contributed by atoms with van der Waals surface area (Å²) in [6, 6.07) is 8.56. The summed E-state index contributed by atoms with van der Waals surface area (Å²) >= 11 is 0. The molecule has 0 saturated carbocycles. The first-order valence-corrected chi connectivity index (χ1v) is 4.19. The molecule has 0 heterocycles. The Morgan fingerprint density at radius 3 is 2.62 bits per heavy atom. The van der Waals surface area contributed by atoms with Gasteiger partial charge in [0.25, 0.3) is 0 Å². The van der Waals surface area contributed by atoms with E-state index in [2.05, 4.69) is 0 Å². The first-order valence-electron chi connectivity index (χ1n) is 4.19. The molecular weight excluding hydrogens is 162 g/mol. The Labute approximate surface area is 77.5 Å². The van der Waals surface area contributed by atoms with Crippen LogP contribution in [0, 0.1) is 11.3 Å². The van der Waals surface area contributed by atoms with Crippen LogP contribution < -0.4 is 5.43 Å². The quantitative estimate of drug-likeness (QED) is 0.652. The molecule has 1 aromatic carbocycles. The second-order valence-corrected chi connectivity index (χ2v) is 3.21. The normalized spacial score (nSPS) is 9.69. The standard InChI is InChI=1S/C11H11NO/c1-8(2)9-4-3-5-10(7-12)11(13)6-9/h3-6,8H,1-2H3. The molecule has 0 aliphatic carbocycles. The minimum absolute atomic E-state index is 0.198. The summed E-state index contributed by atoms with van der Waals surface area (Å²) in [4.78, 5) is 11.4. The maximum absolute atomic E-state index is 11.4. The molecule has 0 N–H and O–H groups in total. The molecule has 1 aromatic rings. The van der Waals surface area contributed by atoms with E-state index in [0.29, 0.717) is 5.92 Å². The predicted octanol–water partition coefficient (Wildman–Crippen LogP) is 2.04. The molecule has 1 rings (SSSR count). The molecule has 2 heteroatoms. The minimum Gasteiger partial charge on any atom is -0.288 e. The van der Waals surface area contributed by atoms with Crippen LogP contribution in [0.25, 0.3) is 0 Å². The van der Waals surface area contributed by atoms with Gasteiger partial charge in [-0.05, 0) is 23.6 Å². The Bertz CT molecular complexity index is 402. The molecule has 0 spiro atoms. The van der Waals surface area contributed by atoms with Crippen molar-refractivity contribution in [3.63, 3.8) is 0 Å². The van der Waals surface area contributed by atoms with Gasteiger partial charge in [-0.25, -0.2) is 0 Å². The molecule has 0 radical (unpaired) electrons. The van der Waals surface area contributed by atoms with Crippen molar-refractivity contribution in [2.45, 2.75) is 19.8 Å². The summed E-state index contributed by atoms with van der Waals surface area (Å²) in [5.74, 6) is 0.312. The third kappa shape index (κ3) is 2.16. The van der Waals surface area contributed by atoms with Crippen molar-refractivity contribution in [1.29, 1.82) is 5.26 Å². The maximum atomic E-state index is 11.4. The first kappa shape index (κ1) is 9.47. The highest BCUT2D eigenvalue weighted by atomic mass is 16.1. The van der Waals surface area contributed by atoms with Gasteiger partial charge >= 0.3 is 0 Å². The number of hydrogen-bond acceptors (Lipinski definition) is 2. The summed E-state index contributed by atoms with van der Waals surface area (Å²) in [6.45, 7) is 4.03. The smallest absolute Gasteiger partial charge is 0.196 e. The van der Waals surface area contributed by atoms with E-state index >= 15 is 0 Å². The van der Waals surface area contributed by atoms with Crippen LogP contribution >= 0.6 is 0 Å². The van der Waals surface area contributed by atoms with E-state index in [1.54, 1.807) is 12.1 Å². The summed E-state index contributed by atoms with van der Waals surface area (Å²) < 4.78 is 0. The molecule has 13 heavy (non-hydrogen) atoms. The number of nitrogens with zero attached hydrogens (tertiary/aromatic N) is 1. The van der Waals surface area contributed by atoms with Crippen molar-refractivity contribution < 1.29 is 0 Å². The van der Waals surface area contributed by atoms with Gasteiger partial charge in [-0.2, -0.15) is 5.26 Å². The van der Waals surface area contributed by atoms with Crippen molar-refractivity contribution in [2.24, 2.45) is 0 Å². The van der Waals surface area contributed by atoms with Crippen molar-refractivity contribution in [1.82, 2.24) is 0 Å². The van der Waals surface area contributed by atoms with Crippen LogP contribution in [0.4, 0.5) is 0 Å². The zero-order valence-electron chi connectivity index (χ0n) is 7.74. The van der Waals surface area contributed by atoms with Gasteiger partial charge in [-0.15, -0.1) is 0 Å². The highest BCUT2D eigenvalue weighted by molar-refractivity contribution is 5.30. The van der Waals surface area contributed by atoms with Gasteiger partial charge in [-0.1, -0.05) is 26.0 Å². The average Bonchev–Trinajstić information content (AvgIpc) is 2.26. The lowest BCUT2D eigenvalue weighted by Gasteiger charge is -1.98. The van der Waals surface area contributed by atoms with Crippen LogP contribution in [0.15, 0.2) is 29.1 Å². The topological polar surface area (TPSA) is 40.9 Å². The van der Waals surface area contributed by atoms with E-state index in [9.17, 15) is 4.79 Å². The molecule has 0 aliphatic heterocycles. The fourth-order valence-electron chi connectivity index (χ4n) is 1.07. The average molecular weight is 173 g/mol. The van der Waals surface area contributed by atoms with Gasteiger partial charge in [0.15, 0.2) is 5.43 Å². The van der Waals surface area contributed by atoms with Crippen molar-refractivity contribution >= 4 is 0 Å². The molecule has 0 saturated heterocycles. The Balaban J connectivity index is 3.38. The minimum atomic E-state index is -0.198. The number of nitriles is 1. The lowest BCUT2D eigenvalue weighted by atomic mass is 10.1. The van der Waals surface area contributed by atoms with Crippen LogP contribution in [-0.4, -0.2) is 0 Å². The molecule has 0 aromatic heterocycles. The van der Waals surface area contributed by atoms with E-state index in [1.807, 2.05) is 26.0 Å². The van der Waals surface area contributed by atoms with Gasteiger partial charge in [0.05, 0.1) is 5.56 Å². The molecule has 0 bridgehead atoms. The molecule has 66 valence electrons. The van der Waals surface area contributed by atoms with Gasteiger partial charge in [0.2, 0.25) is 0 Å². The van der Waals surface area contributed by atoms with E-state index in [4.69, 9.17) is 5.26 Å². The predicted molar refractivity (Wildman–Crippen MR) is 51.5 cm³/mol. The first-order chi connectivity index (χ1) is 6.15. The Morgan fingerprint density at radius 1 is 1.38 bits per heavy atom. The molecule has 0 unspecified atom stereocenters. The summed E-state index contributed by atoms with van der Waals surface area (Å²) in [6.07, 6.45) is 0. The summed E-state index contributed by atoms with van der Waals surface area (Å²) in [5, 5.41) is 8.61. The largest absolute Gasteiger partial charge is 0.288 e. The van der Waals surface area contributed by atoms with Gasteiger partial charge in [0, 0.05) is 0 Å². The van der Waals surface area contributed by atoms with Crippen LogP contribution in [0.3, 0.4) is 0 Å². The number of rotatable bonds is 1. The monoisotopic (exact) mass is 173 g/mol. The second-order valence-electron chi connectivity index (χ2n) is 3.21. The van der Waals surface area contributed by atoms with Crippen LogP contribution in [-0.2, 0) is 0 Å². The van der Waals surface area contributed by atoms with Gasteiger partial charge in [0.1, 0.15) is 6.07 Å². The van der Waals surface area contributed by atoms with Crippen molar-refractivity contribution in [3.05, 3.63) is 45.6 Å². The Morgan fingerprint density at radius 2 is 2.08 bits per heavy atom. The van der Waals surface area contributed by atoms with Gasteiger partial charge < -0.3 is 0 Å². The Kier molecular flexibility index (Phi) is 2.81. The zero-order valence-corrected chi connectivity index (χ0v) is 7.74. The third-order valence-electron chi connectivity index (χ3n) is 1.90. The lowest BCUT2D eigenvalue weighted by molar-refractivity contribution is 0.867. The molecule has 0 fully saturated rings. The van der Waals surface area contributed by atoms with E-state index in [1.165, 1.54) is 6.07 Å². The molecule has 2 nitrogen and oxygen atoms in total. The molecule has 0 amide bonds. The number of hydrogen-bond donors (Lipinski definition) is 0. The van der Waals surface area contributed by atoms with Crippen LogP contribution in [0.1, 0.15) is 30.9 Å². The highest BCUT2D eigenvalue weighted by Crippen LogP contribution is 2.10. The third-order valence-corrected chi connectivity index (χ3v) is 1.90. The molecule has 0 aliphatic rings. The lowest BCUT2D eigenvalue weighted by Crippen LogP contribution is -2.01. The van der Waals surface area contributed by atoms with Crippen molar-refractivity contribution in [2.75, 3.05) is 0 Å². The SMILES string of the molecule is CC(C)c1cccc(C#N)c(=O)c1. The second kappa shape index (κ2) is 3.86. The van der Waals surface area contributed by atoms with Crippen LogP contribution in [0.2, 0.25) is 0 Å². The zero-order chi connectivity index (χ0) is 9.84. The fourth-order valence-corrected chi connectivity index (χ4v) is 1.07. The van der Waals surface area contributed by atoms with Gasteiger partial charge in [-0.3, -0.25) is 4.79 Å². The maximum Gasteiger partial charge on any atom is 0.196 e. The van der Waals surface area contributed by atoms with Crippen LogP contribution in [0.5, 0.6) is 0 Å². The summed E-state index contributed by atoms with van der Waals surface area (Å²) in [5.41, 5.74) is 0.967. The van der Waals surface area contributed by atoms with E-state index < -0.39 is 0 Å². The van der Waals surface area contributed by atoms with Crippen molar-refractivity contribution in [3.8, 4) is 6.07 Å². The molecular formula is C11H11NO. The molecule has 0 atom stereocenters. The summed E-state index contributed by atoms with van der Waals surface area (Å²) in [7, 11) is 0. The van der Waals surface area contributed by atoms with E-state index in [0.717, 1.165) is 5.56 Å². The fraction of sp³-hybridized carbons (Fsp3) is 0.273. The Hall–Kier alpha value is -1.62. The van der Waals surface area contributed by atoms with E-state index in [-0.39, 0.29) is 11.0 Å². The highest BCUT2D eigenvalue weighted by Gasteiger charge is 2.00.